The Morgan fingerprint density at radius 3 is 2.47 bits per heavy atom. The molecule has 1 heterocycles. The Labute approximate surface area is 106 Å². The molecular weight excluding hydrogens is 236 g/mol. The molecule has 5 heteroatoms. The van der Waals surface area contributed by atoms with E-state index in [0.29, 0.717) is 17.2 Å². The second kappa shape index (κ2) is 4.44. The van der Waals surface area contributed by atoms with E-state index in [9.17, 15) is 4.79 Å². The van der Waals surface area contributed by atoms with E-state index in [4.69, 9.17) is 10.5 Å². The summed E-state index contributed by atoms with van der Waals surface area (Å²) in [5, 5.41) is 4.10. The SMILES string of the molecule is NC(=O)C(CSC1COC1)(NC1CC1)C1CC1. The molecule has 1 atom stereocenters. The number of ether oxygens (including phenoxy) is 1. The van der Waals surface area contributed by atoms with E-state index in [-0.39, 0.29) is 5.91 Å². The zero-order valence-corrected chi connectivity index (χ0v) is 10.8. The average Bonchev–Trinajstić information content (AvgIpc) is 3.07. The van der Waals surface area contributed by atoms with Crippen LogP contribution in [0.4, 0.5) is 0 Å². The van der Waals surface area contributed by atoms with E-state index in [1.54, 1.807) is 0 Å². The lowest BCUT2D eigenvalue weighted by Gasteiger charge is -2.35. The van der Waals surface area contributed by atoms with Crippen molar-refractivity contribution in [3.05, 3.63) is 0 Å². The van der Waals surface area contributed by atoms with Gasteiger partial charge in [-0.1, -0.05) is 0 Å². The maximum atomic E-state index is 11.9. The van der Waals surface area contributed by atoms with Gasteiger partial charge in [-0.3, -0.25) is 10.1 Å². The van der Waals surface area contributed by atoms with E-state index in [1.165, 1.54) is 12.8 Å². The van der Waals surface area contributed by atoms with Gasteiger partial charge in [0.1, 0.15) is 5.54 Å². The van der Waals surface area contributed by atoms with E-state index in [0.717, 1.165) is 31.8 Å². The molecule has 3 rings (SSSR count). The Morgan fingerprint density at radius 2 is 2.06 bits per heavy atom. The van der Waals surface area contributed by atoms with Crippen molar-refractivity contribution in [2.24, 2.45) is 11.7 Å². The van der Waals surface area contributed by atoms with Gasteiger partial charge in [-0.25, -0.2) is 0 Å². The maximum Gasteiger partial charge on any atom is 0.238 e. The highest BCUT2D eigenvalue weighted by Gasteiger charge is 2.52. The van der Waals surface area contributed by atoms with Crippen LogP contribution in [0.5, 0.6) is 0 Å². The molecule has 3 aliphatic rings. The molecule has 1 saturated heterocycles. The number of carbonyl (C=O) groups excluding carboxylic acids is 1. The van der Waals surface area contributed by atoms with Crippen LogP contribution in [0.2, 0.25) is 0 Å². The van der Waals surface area contributed by atoms with Crippen LogP contribution in [-0.4, -0.2) is 41.7 Å². The molecule has 4 nitrogen and oxygen atoms in total. The van der Waals surface area contributed by atoms with Crippen molar-refractivity contribution in [3.63, 3.8) is 0 Å². The number of nitrogens with two attached hydrogens (primary N) is 1. The molecular formula is C12H20N2O2S. The summed E-state index contributed by atoms with van der Waals surface area (Å²) in [6.07, 6.45) is 4.67. The van der Waals surface area contributed by atoms with Gasteiger partial charge in [0.15, 0.2) is 0 Å². The summed E-state index contributed by atoms with van der Waals surface area (Å²) < 4.78 is 5.17. The van der Waals surface area contributed by atoms with Crippen molar-refractivity contribution in [2.75, 3.05) is 19.0 Å². The molecule has 96 valence electrons. The van der Waals surface area contributed by atoms with Crippen molar-refractivity contribution >= 4 is 17.7 Å². The Kier molecular flexibility index (Phi) is 3.09. The molecule has 3 fully saturated rings. The molecule has 0 bridgehead atoms. The fourth-order valence-corrected chi connectivity index (χ4v) is 3.69. The Hall–Kier alpha value is -0.260. The van der Waals surface area contributed by atoms with Gasteiger partial charge in [-0.2, -0.15) is 11.8 Å². The van der Waals surface area contributed by atoms with Gasteiger partial charge in [0.05, 0.1) is 18.5 Å². The molecule has 17 heavy (non-hydrogen) atoms. The number of thioether (sulfide) groups is 1. The first kappa shape index (κ1) is 11.8. The third-order valence-electron chi connectivity index (χ3n) is 3.91. The molecule has 0 aromatic carbocycles. The van der Waals surface area contributed by atoms with Crippen LogP contribution in [0.1, 0.15) is 25.7 Å². The molecule has 0 radical (unpaired) electrons. The second-order valence-corrected chi connectivity index (χ2v) is 6.79. The van der Waals surface area contributed by atoms with Gasteiger partial charge < -0.3 is 10.5 Å². The molecule has 2 saturated carbocycles. The highest BCUT2D eigenvalue weighted by atomic mass is 32.2. The summed E-state index contributed by atoms with van der Waals surface area (Å²) in [7, 11) is 0. The number of primary amides is 1. The number of hydrogen-bond acceptors (Lipinski definition) is 4. The third kappa shape index (κ3) is 2.46. The van der Waals surface area contributed by atoms with Gasteiger partial charge >= 0.3 is 0 Å². The van der Waals surface area contributed by atoms with Crippen molar-refractivity contribution in [2.45, 2.75) is 42.5 Å². The third-order valence-corrected chi connectivity index (χ3v) is 5.27. The summed E-state index contributed by atoms with van der Waals surface area (Å²) in [6, 6.07) is 0.529. The molecule has 2 aliphatic carbocycles. The molecule has 0 spiro atoms. The van der Waals surface area contributed by atoms with Crippen molar-refractivity contribution in [1.29, 1.82) is 0 Å². The van der Waals surface area contributed by atoms with Crippen LogP contribution < -0.4 is 11.1 Å². The smallest absolute Gasteiger partial charge is 0.238 e. The first-order valence-electron chi connectivity index (χ1n) is 6.47. The van der Waals surface area contributed by atoms with Crippen molar-refractivity contribution in [1.82, 2.24) is 5.32 Å². The number of carbonyl (C=O) groups is 1. The van der Waals surface area contributed by atoms with Gasteiger partial charge in [0, 0.05) is 11.8 Å². The lowest BCUT2D eigenvalue weighted by molar-refractivity contribution is -0.124. The minimum Gasteiger partial charge on any atom is -0.379 e. The van der Waals surface area contributed by atoms with Crippen LogP contribution >= 0.6 is 11.8 Å². The summed E-state index contributed by atoms with van der Waals surface area (Å²) in [5.74, 6) is 1.13. The highest BCUT2D eigenvalue weighted by molar-refractivity contribution is 8.00. The fraction of sp³-hybridized carbons (Fsp3) is 0.917. The lowest BCUT2D eigenvalue weighted by atomic mass is 9.94. The number of hydrogen-bond donors (Lipinski definition) is 2. The second-order valence-electron chi connectivity index (χ2n) is 5.50. The zero-order valence-electron chi connectivity index (χ0n) is 9.98. The molecule has 0 aromatic heterocycles. The summed E-state index contributed by atoms with van der Waals surface area (Å²) >= 11 is 1.85. The van der Waals surface area contributed by atoms with Crippen LogP contribution in [0.3, 0.4) is 0 Å². The minimum absolute atomic E-state index is 0.153. The molecule has 1 aliphatic heterocycles. The fourth-order valence-electron chi connectivity index (χ4n) is 2.35. The van der Waals surface area contributed by atoms with E-state index in [2.05, 4.69) is 5.32 Å². The molecule has 0 aromatic rings. The van der Waals surface area contributed by atoms with Crippen molar-refractivity contribution < 1.29 is 9.53 Å². The van der Waals surface area contributed by atoms with Crippen LogP contribution in [0.15, 0.2) is 0 Å². The number of amides is 1. The van der Waals surface area contributed by atoms with Gasteiger partial charge in [-0.15, -0.1) is 0 Å². The zero-order chi connectivity index (χ0) is 11.9. The number of rotatable bonds is 7. The topological polar surface area (TPSA) is 64.4 Å². The van der Waals surface area contributed by atoms with Crippen LogP contribution in [0, 0.1) is 5.92 Å². The van der Waals surface area contributed by atoms with E-state index in [1.807, 2.05) is 11.8 Å². The Balaban J connectivity index is 1.65. The standard InChI is InChI=1S/C12H20N2O2S/c13-11(15)12(8-1-2-8,14-9-3-4-9)7-17-10-5-16-6-10/h8-10,14H,1-7H2,(H2,13,15). The normalized spacial score (nSPS) is 28.5. The first-order valence-corrected chi connectivity index (χ1v) is 7.52. The predicted octanol–water partition coefficient (Wildman–Crippen LogP) is 0.504. The summed E-state index contributed by atoms with van der Waals surface area (Å²) in [5.41, 5.74) is 5.25. The monoisotopic (exact) mass is 256 g/mol. The van der Waals surface area contributed by atoms with Crippen LogP contribution in [0.25, 0.3) is 0 Å². The summed E-state index contributed by atoms with van der Waals surface area (Å²) in [4.78, 5) is 11.9. The summed E-state index contributed by atoms with van der Waals surface area (Å²) in [6.45, 7) is 1.65. The maximum absolute atomic E-state index is 11.9. The average molecular weight is 256 g/mol. The van der Waals surface area contributed by atoms with E-state index < -0.39 is 5.54 Å². The minimum atomic E-state index is -0.443. The van der Waals surface area contributed by atoms with Gasteiger partial charge in [0.2, 0.25) is 5.91 Å². The molecule has 1 unspecified atom stereocenters. The molecule has 1 amide bonds. The van der Waals surface area contributed by atoms with Gasteiger partial charge in [-0.05, 0) is 31.6 Å². The van der Waals surface area contributed by atoms with E-state index >= 15 is 0 Å². The lowest BCUT2D eigenvalue weighted by Crippen LogP contribution is -2.60. The number of nitrogens with one attached hydrogen (secondary N) is 1. The Bertz CT molecular complexity index is 314. The largest absolute Gasteiger partial charge is 0.379 e. The predicted molar refractivity (Wildman–Crippen MR) is 67.9 cm³/mol. The molecule has 3 N–H and O–H groups in total. The Morgan fingerprint density at radius 1 is 1.35 bits per heavy atom. The van der Waals surface area contributed by atoms with Crippen molar-refractivity contribution in [3.8, 4) is 0 Å². The quantitative estimate of drug-likeness (QED) is 0.696. The van der Waals surface area contributed by atoms with Crippen LogP contribution in [-0.2, 0) is 9.53 Å². The van der Waals surface area contributed by atoms with Gasteiger partial charge in [0.25, 0.3) is 0 Å². The first-order chi connectivity index (χ1) is 8.21. The highest BCUT2D eigenvalue weighted by Crippen LogP contribution is 2.43.